The lowest BCUT2D eigenvalue weighted by Gasteiger charge is -2.36. The number of carbonyl (C=O) groups is 2. The van der Waals surface area contributed by atoms with Crippen LogP contribution in [0.15, 0.2) is 60.7 Å². The number of nitrogens with one attached hydrogen (secondary N) is 1. The molecule has 4 aliphatic heterocycles. The van der Waals surface area contributed by atoms with Gasteiger partial charge >= 0.3 is 0 Å². The molecular weight excluding hydrogens is 507 g/mol. The summed E-state index contributed by atoms with van der Waals surface area (Å²) in [4.78, 5) is 32.9. The van der Waals surface area contributed by atoms with Gasteiger partial charge in [0.1, 0.15) is 11.4 Å². The Morgan fingerprint density at radius 1 is 1.11 bits per heavy atom. The van der Waals surface area contributed by atoms with Crippen LogP contribution in [0, 0.1) is 17.7 Å². The van der Waals surface area contributed by atoms with E-state index in [1.54, 1.807) is 11.0 Å². The van der Waals surface area contributed by atoms with Crippen LogP contribution in [0.3, 0.4) is 0 Å². The number of carbonyl (C=O) groups excluding carboxylic acids is 2. The summed E-state index contributed by atoms with van der Waals surface area (Å²) in [7, 11) is 0. The van der Waals surface area contributed by atoms with Gasteiger partial charge in [-0.2, -0.15) is 0 Å². The molecule has 2 aromatic rings. The quantitative estimate of drug-likeness (QED) is 0.413. The maximum Gasteiger partial charge on any atom is 0.230 e. The average molecular weight is 539 g/mol. The molecule has 0 aliphatic carbocycles. The number of rotatable bonds is 8. The predicted octanol–water partition coefficient (Wildman–Crippen LogP) is 3.09. The first-order chi connectivity index (χ1) is 18.4. The lowest BCUT2D eigenvalue weighted by atomic mass is 9.77. The van der Waals surface area contributed by atoms with Gasteiger partial charge in [0.15, 0.2) is 0 Å². The average Bonchev–Trinajstić information content (AvgIpc) is 3.56. The molecule has 2 amide bonds. The Hall–Kier alpha value is -2.94. The summed E-state index contributed by atoms with van der Waals surface area (Å²) in [5, 5.41) is 3.69. The molecule has 4 aliphatic rings. The SMILES string of the molecule is O=C(NCCCN1CCN(c2ccccc2F)CC1)[C@H]1[C@H]2C=C[C@@]3(CN(Cc4ccccc4Cl)C(=O)[C@@H]13)O2. The Kier molecular flexibility index (Phi) is 6.88. The first-order valence-electron chi connectivity index (χ1n) is 13.3. The zero-order chi connectivity index (χ0) is 26.3. The van der Waals surface area contributed by atoms with E-state index in [0.717, 1.165) is 44.7 Å². The second-order valence-corrected chi connectivity index (χ2v) is 11.0. The molecule has 0 saturated carbocycles. The van der Waals surface area contributed by atoms with Gasteiger partial charge in [0.25, 0.3) is 0 Å². The second kappa shape index (κ2) is 10.3. The molecule has 200 valence electrons. The zero-order valence-electron chi connectivity index (χ0n) is 21.2. The van der Waals surface area contributed by atoms with Crippen LogP contribution in [0.4, 0.5) is 10.1 Å². The fourth-order valence-electron chi connectivity index (χ4n) is 6.40. The van der Waals surface area contributed by atoms with Gasteiger partial charge in [0.05, 0.1) is 30.2 Å². The standard InChI is InChI=1S/C29H32ClFN4O3/c30-21-7-2-1-6-20(21)18-35-19-29-11-10-24(38-29)25(26(29)28(35)37)27(36)32-12-5-13-33-14-16-34(17-15-33)23-9-4-3-8-22(23)31/h1-4,6-11,24-26H,5,12-19H2,(H,32,36)/t24-,25+,26-,29+/m1/s1. The number of para-hydroxylation sites is 1. The van der Waals surface area contributed by atoms with Crippen molar-refractivity contribution in [1.82, 2.24) is 15.1 Å². The number of ether oxygens (including phenoxy) is 1. The molecule has 2 aromatic carbocycles. The maximum atomic E-state index is 14.1. The van der Waals surface area contributed by atoms with Crippen LogP contribution in [0.25, 0.3) is 0 Å². The summed E-state index contributed by atoms with van der Waals surface area (Å²) in [6.07, 6.45) is 4.35. The van der Waals surface area contributed by atoms with Crippen LogP contribution in [0.5, 0.6) is 0 Å². The number of hydrogen-bond donors (Lipinski definition) is 1. The van der Waals surface area contributed by atoms with Crippen LogP contribution in [-0.2, 0) is 20.9 Å². The minimum absolute atomic E-state index is 0.0513. The fourth-order valence-corrected chi connectivity index (χ4v) is 6.59. The van der Waals surface area contributed by atoms with E-state index in [9.17, 15) is 14.0 Å². The number of halogens is 2. The molecule has 4 atom stereocenters. The normalized spacial score (nSPS) is 28.3. The lowest BCUT2D eigenvalue weighted by molar-refractivity contribution is -0.137. The summed E-state index contributed by atoms with van der Waals surface area (Å²) < 4.78 is 20.3. The highest BCUT2D eigenvalue weighted by molar-refractivity contribution is 6.31. The van der Waals surface area contributed by atoms with E-state index >= 15 is 0 Å². The van der Waals surface area contributed by atoms with Gasteiger partial charge in [0.2, 0.25) is 11.8 Å². The summed E-state index contributed by atoms with van der Waals surface area (Å²) in [5.74, 6) is -1.38. The fraction of sp³-hybridized carbons (Fsp3) is 0.448. The third kappa shape index (κ3) is 4.59. The van der Waals surface area contributed by atoms with Gasteiger partial charge in [-0.05, 0) is 36.7 Å². The Balaban J connectivity index is 0.994. The number of benzene rings is 2. The minimum atomic E-state index is -0.733. The molecule has 9 heteroatoms. The van der Waals surface area contributed by atoms with E-state index in [0.29, 0.717) is 30.3 Å². The van der Waals surface area contributed by atoms with Crippen molar-refractivity contribution >= 4 is 29.1 Å². The Morgan fingerprint density at radius 2 is 1.87 bits per heavy atom. The molecule has 6 rings (SSSR count). The maximum absolute atomic E-state index is 14.1. The van der Waals surface area contributed by atoms with Gasteiger partial charge in [0, 0.05) is 44.3 Å². The monoisotopic (exact) mass is 538 g/mol. The lowest BCUT2D eigenvalue weighted by Crippen LogP contribution is -2.47. The summed E-state index contributed by atoms with van der Waals surface area (Å²) in [6.45, 7) is 5.48. The predicted molar refractivity (Wildman–Crippen MR) is 143 cm³/mol. The molecule has 1 spiro atoms. The van der Waals surface area contributed by atoms with Crippen molar-refractivity contribution in [2.45, 2.75) is 24.7 Å². The number of fused-ring (bicyclic) bond motifs is 1. The van der Waals surface area contributed by atoms with Crippen molar-refractivity contribution in [3.8, 4) is 0 Å². The van der Waals surface area contributed by atoms with E-state index in [4.69, 9.17) is 16.3 Å². The minimum Gasteiger partial charge on any atom is -0.367 e. The molecule has 4 heterocycles. The summed E-state index contributed by atoms with van der Waals surface area (Å²) in [5.41, 5.74) is 0.808. The highest BCUT2D eigenvalue weighted by Gasteiger charge is 2.66. The topological polar surface area (TPSA) is 65.1 Å². The van der Waals surface area contributed by atoms with Gasteiger partial charge in [-0.1, -0.05) is 54.1 Å². The molecule has 0 aromatic heterocycles. The van der Waals surface area contributed by atoms with Crippen LogP contribution >= 0.6 is 11.6 Å². The van der Waals surface area contributed by atoms with Crippen LogP contribution in [0.2, 0.25) is 5.02 Å². The van der Waals surface area contributed by atoms with Crippen LogP contribution in [-0.4, -0.2) is 79.1 Å². The molecule has 38 heavy (non-hydrogen) atoms. The smallest absolute Gasteiger partial charge is 0.230 e. The van der Waals surface area contributed by atoms with Gasteiger partial charge in [-0.25, -0.2) is 4.39 Å². The largest absolute Gasteiger partial charge is 0.367 e. The second-order valence-electron chi connectivity index (χ2n) is 10.6. The number of likely N-dealkylation sites (tertiary alicyclic amines) is 1. The van der Waals surface area contributed by atoms with E-state index in [2.05, 4.69) is 15.1 Å². The van der Waals surface area contributed by atoms with E-state index in [1.807, 2.05) is 48.6 Å². The summed E-state index contributed by atoms with van der Waals surface area (Å²) >= 11 is 6.33. The molecule has 0 radical (unpaired) electrons. The highest BCUT2D eigenvalue weighted by atomic mass is 35.5. The molecular formula is C29H32ClFN4O3. The third-order valence-electron chi connectivity index (χ3n) is 8.32. The van der Waals surface area contributed by atoms with Gasteiger partial charge in [-0.15, -0.1) is 0 Å². The molecule has 2 bridgehead atoms. The van der Waals surface area contributed by atoms with E-state index in [1.165, 1.54) is 6.07 Å². The highest BCUT2D eigenvalue weighted by Crippen LogP contribution is 2.52. The van der Waals surface area contributed by atoms with Crippen molar-refractivity contribution in [2.24, 2.45) is 11.8 Å². The number of piperazine rings is 1. The van der Waals surface area contributed by atoms with Crippen molar-refractivity contribution < 1.29 is 18.7 Å². The molecule has 3 saturated heterocycles. The first kappa shape index (κ1) is 25.3. The number of amides is 2. The Bertz CT molecular complexity index is 1250. The number of hydrogen-bond acceptors (Lipinski definition) is 5. The molecule has 1 N–H and O–H groups in total. The van der Waals surface area contributed by atoms with Crippen LogP contribution in [0.1, 0.15) is 12.0 Å². The van der Waals surface area contributed by atoms with Crippen molar-refractivity contribution in [3.63, 3.8) is 0 Å². The first-order valence-corrected chi connectivity index (χ1v) is 13.7. The van der Waals surface area contributed by atoms with Gasteiger partial charge < -0.3 is 19.9 Å². The molecule has 0 unspecified atom stereocenters. The summed E-state index contributed by atoms with van der Waals surface area (Å²) in [6, 6.07) is 14.4. The van der Waals surface area contributed by atoms with Crippen molar-refractivity contribution in [3.05, 3.63) is 77.1 Å². The Morgan fingerprint density at radius 3 is 2.66 bits per heavy atom. The number of anilines is 1. The molecule has 7 nitrogen and oxygen atoms in total. The van der Waals surface area contributed by atoms with E-state index < -0.39 is 17.4 Å². The zero-order valence-corrected chi connectivity index (χ0v) is 21.9. The van der Waals surface area contributed by atoms with Crippen LogP contribution < -0.4 is 10.2 Å². The Labute approximate surface area is 227 Å². The molecule has 3 fully saturated rings. The number of nitrogens with zero attached hydrogens (tertiary/aromatic N) is 3. The van der Waals surface area contributed by atoms with Gasteiger partial charge in [-0.3, -0.25) is 14.5 Å². The van der Waals surface area contributed by atoms with Crippen molar-refractivity contribution in [2.75, 3.05) is 50.7 Å². The van der Waals surface area contributed by atoms with Crippen molar-refractivity contribution in [1.29, 1.82) is 0 Å². The third-order valence-corrected chi connectivity index (χ3v) is 8.69. The van der Waals surface area contributed by atoms with E-state index in [-0.39, 0.29) is 23.7 Å².